The van der Waals surface area contributed by atoms with Crippen molar-refractivity contribution in [2.24, 2.45) is 0 Å². The molecule has 0 radical (unpaired) electrons. The lowest BCUT2D eigenvalue weighted by atomic mass is 10.1. The molecule has 1 atom stereocenters. The Morgan fingerprint density at radius 1 is 1.40 bits per heavy atom. The second-order valence-electron chi connectivity index (χ2n) is 5.32. The van der Waals surface area contributed by atoms with E-state index in [9.17, 15) is 0 Å². The third-order valence-corrected chi connectivity index (χ3v) is 3.36. The maximum atomic E-state index is 5.55. The first kappa shape index (κ1) is 13.2. The molecule has 0 aliphatic heterocycles. The van der Waals surface area contributed by atoms with E-state index in [1.807, 2.05) is 12.1 Å². The summed E-state index contributed by atoms with van der Waals surface area (Å²) in [4.78, 5) is 0. The monoisotopic (exact) mass is 276 g/mol. The summed E-state index contributed by atoms with van der Waals surface area (Å²) in [7, 11) is 0. The zero-order valence-corrected chi connectivity index (χ0v) is 11.6. The summed E-state index contributed by atoms with van der Waals surface area (Å²) in [6, 6.07) is 5.28. The highest BCUT2D eigenvalue weighted by molar-refractivity contribution is 5.19. The minimum atomic E-state index is 0.254. The molecule has 1 unspecified atom stereocenters. The molecule has 2 aromatic heterocycles. The topological polar surface area (TPSA) is 76.1 Å². The zero-order valence-electron chi connectivity index (χ0n) is 11.6. The average molecular weight is 276 g/mol. The number of hydrogen-bond donors (Lipinski definition) is 2. The fourth-order valence-electron chi connectivity index (χ4n) is 2.00. The number of anilines is 1. The van der Waals surface area contributed by atoms with Gasteiger partial charge in [0.2, 0.25) is 5.89 Å². The van der Waals surface area contributed by atoms with Crippen molar-refractivity contribution in [2.75, 3.05) is 5.32 Å². The molecular formula is C14H20N4O2. The normalized spacial score (nSPS) is 16.2. The molecule has 0 bridgehead atoms. The van der Waals surface area contributed by atoms with E-state index in [-0.39, 0.29) is 6.04 Å². The molecule has 2 heterocycles. The number of furan rings is 1. The largest absolute Gasteiger partial charge is 0.469 e. The van der Waals surface area contributed by atoms with E-state index >= 15 is 0 Å². The van der Waals surface area contributed by atoms with E-state index in [1.54, 1.807) is 6.26 Å². The van der Waals surface area contributed by atoms with Crippen LogP contribution in [0.25, 0.3) is 0 Å². The van der Waals surface area contributed by atoms with Crippen LogP contribution in [0.2, 0.25) is 0 Å². The number of aromatic nitrogens is 2. The van der Waals surface area contributed by atoms with Crippen LogP contribution >= 0.6 is 0 Å². The number of nitrogens with zero attached hydrogens (tertiary/aromatic N) is 2. The molecule has 6 heteroatoms. The van der Waals surface area contributed by atoms with Crippen molar-refractivity contribution < 1.29 is 8.83 Å². The Hall–Kier alpha value is -1.82. The summed E-state index contributed by atoms with van der Waals surface area (Å²) >= 11 is 0. The third kappa shape index (κ3) is 3.84. The molecule has 1 saturated carbocycles. The van der Waals surface area contributed by atoms with Crippen LogP contribution in [0.4, 0.5) is 6.01 Å². The first-order valence-electron chi connectivity index (χ1n) is 7.14. The maximum Gasteiger partial charge on any atom is 0.315 e. The van der Waals surface area contributed by atoms with Gasteiger partial charge in [0.15, 0.2) is 0 Å². The fourth-order valence-corrected chi connectivity index (χ4v) is 2.00. The second kappa shape index (κ2) is 6.09. The van der Waals surface area contributed by atoms with Crippen LogP contribution in [-0.2, 0) is 13.0 Å². The SMILES string of the molecule is CC(CCc1ccco1)Nc1nnc(CNC2CC2)o1. The van der Waals surface area contributed by atoms with Gasteiger partial charge in [-0.05, 0) is 38.3 Å². The van der Waals surface area contributed by atoms with Crippen LogP contribution in [0, 0.1) is 0 Å². The van der Waals surface area contributed by atoms with Crippen LogP contribution < -0.4 is 10.6 Å². The second-order valence-corrected chi connectivity index (χ2v) is 5.32. The first-order chi connectivity index (χ1) is 9.79. The Balaban J connectivity index is 1.41. The minimum absolute atomic E-state index is 0.254. The summed E-state index contributed by atoms with van der Waals surface area (Å²) in [5.74, 6) is 1.64. The first-order valence-corrected chi connectivity index (χ1v) is 7.14. The molecule has 6 nitrogen and oxygen atoms in total. The highest BCUT2D eigenvalue weighted by Crippen LogP contribution is 2.19. The van der Waals surface area contributed by atoms with E-state index in [4.69, 9.17) is 8.83 Å². The van der Waals surface area contributed by atoms with Crippen molar-refractivity contribution in [1.29, 1.82) is 0 Å². The van der Waals surface area contributed by atoms with E-state index in [0.717, 1.165) is 18.6 Å². The molecule has 3 rings (SSSR count). The summed E-state index contributed by atoms with van der Waals surface area (Å²) in [6.45, 7) is 2.75. The number of hydrogen-bond acceptors (Lipinski definition) is 6. The van der Waals surface area contributed by atoms with Gasteiger partial charge in [0, 0.05) is 18.5 Å². The van der Waals surface area contributed by atoms with Gasteiger partial charge in [-0.25, -0.2) is 0 Å². The standard InChI is InChI=1S/C14H20N4O2/c1-10(4-7-12-3-2-8-19-12)16-14-18-17-13(20-14)9-15-11-5-6-11/h2-3,8,10-11,15H,4-7,9H2,1H3,(H,16,18). The van der Waals surface area contributed by atoms with Gasteiger partial charge in [-0.15, -0.1) is 5.10 Å². The average Bonchev–Trinajstić information content (AvgIpc) is 2.94. The maximum absolute atomic E-state index is 5.55. The van der Waals surface area contributed by atoms with Crippen molar-refractivity contribution in [1.82, 2.24) is 15.5 Å². The quantitative estimate of drug-likeness (QED) is 0.770. The Morgan fingerprint density at radius 3 is 3.05 bits per heavy atom. The Labute approximate surface area is 117 Å². The van der Waals surface area contributed by atoms with Crippen LogP contribution in [-0.4, -0.2) is 22.3 Å². The summed E-state index contributed by atoms with van der Waals surface area (Å²) in [5, 5.41) is 14.6. The van der Waals surface area contributed by atoms with Crippen LogP contribution in [0.1, 0.15) is 37.8 Å². The van der Waals surface area contributed by atoms with Crippen LogP contribution in [0.3, 0.4) is 0 Å². The highest BCUT2D eigenvalue weighted by Gasteiger charge is 2.21. The molecule has 2 aromatic rings. The molecular weight excluding hydrogens is 256 g/mol. The molecule has 2 N–H and O–H groups in total. The molecule has 1 fully saturated rings. The Morgan fingerprint density at radius 2 is 2.30 bits per heavy atom. The predicted molar refractivity (Wildman–Crippen MR) is 74.3 cm³/mol. The lowest BCUT2D eigenvalue weighted by Crippen LogP contribution is -2.16. The third-order valence-electron chi connectivity index (χ3n) is 3.36. The molecule has 0 saturated heterocycles. The number of rotatable bonds is 8. The number of aryl methyl sites for hydroxylation is 1. The Kier molecular flexibility index (Phi) is 4.01. The highest BCUT2D eigenvalue weighted by atomic mass is 16.4. The zero-order chi connectivity index (χ0) is 13.8. The van der Waals surface area contributed by atoms with E-state index in [0.29, 0.717) is 24.5 Å². The van der Waals surface area contributed by atoms with Crippen molar-refractivity contribution >= 4 is 6.01 Å². The summed E-state index contributed by atoms with van der Waals surface area (Å²) in [6.07, 6.45) is 6.05. The lowest BCUT2D eigenvalue weighted by Gasteiger charge is -2.10. The Bertz CT molecular complexity index is 519. The molecule has 1 aliphatic carbocycles. The number of nitrogens with one attached hydrogen (secondary N) is 2. The van der Waals surface area contributed by atoms with Gasteiger partial charge < -0.3 is 19.5 Å². The molecule has 108 valence electrons. The van der Waals surface area contributed by atoms with Gasteiger partial charge in [0.25, 0.3) is 0 Å². The van der Waals surface area contributed by atoms with E-state index in [2.05, 4.69) is 27.8 Å². The molecule has 20 heavy (non-hydrogen) atoms. The van der Waals surface area contributed by atoms with Gasteiger partial charge in [0.05, 0.1) is 12.8 Å². The van der Waals surface area contributed by atoms with Crippen molar-refractivity contribution in [3.8, 4) is 0 Å². The summed E-state index contributed by atoms with van der Waals surface area (Å²) in [5.41, 5.74) is 0. The van der Waals surface area contributed by atoms with Gasteiger partial charge in [-0.1, -0.05) is 5.10 Å². The van der Waals surface area contributed by atoms with Gasteiger partial charge >= 0.3 is 6.01 Å². The lowest BCUT2D eigenvalue weighted by molar-refractivity contribution is 0.466. The van der Waals surface area contributed by atoms with Crippen molar-refractivity contribution in [2.45, 2.75) is 51.2 Å². The van der Waals surface area contributed by atoms with E-state index in [1.165, 1.54) is 12.8 Å². The smallest absolute Gasteiger partial charge is 0.315 e. The minimum Gasteiger partial charge on any atom is -0.469 e. The predicted octanol–water partition coefficient (Wildman–Crippen LogP) is 2.35. The molecule has 0 spiro atoms. The van der Waals surface area contributed by atoms with Crippen molar-refractivity contribution in [3.05, 3.63) is 30.0 Å². The molecule has 0 aromatic carbocycles. The van der Waals surface area contributed by atoms with Crippen LogP contribution in [0.15, 0.2) is 27.2 Å². The summed E-state index contributed by atoms with van der Waals surface area (Å²) < 4.78 is 10.9. The van der Waals surface area contributed by atoms with Gasteiger partial charge in [0.1, 0.15) is 5.76 Å². The van der Waals surface area contributed by atoms with Crippen molar-refractivity contribution in [3.63, 3.8) is 0 Å². The van der Waals surface area contributed by atoms with Crippen LogP contribution in [0.5, 0.6) is 0 Å². The fraction of sp³-hybridized carbons (Fsp3) is 0.571. The van der Waals surface area contributed by atoms with E-state index < -0.39 is 0 Å². The molecule has 0 amide bonds. The molecule has 1 aliphatic rings. The van der Waals surface area contributed by atoms with Gasteiger partial charge in [-0.2, -0.15) is 0 Å². The van der Waals surface area contributed by atoms with Gasteiger partial charge in [-0.3, -0.25) is 0 Å².